The Morgan fingerprint density at radius 3 is 2.74 bits per heavy atom. The molecule has 1 amide bonds. The zero-order valence-corrected chi connectivity index (χ0v) is 20.7. The van der Waals surface area contributed by atoms with Gasteiger partial charge in [-0.2, -0.15) is 4.98 Å². The number of aliphatic hydroxyl groups excluding tert-OH is 1. The monoisotopic (exact) mass is 465 g/mol. The van der Waals surface area contributed by atoms with E-state index in [4.69, 9.17) is 0 Å². The Morgan fingerprint density at radius 2 is 2.00 bits per heavy atom. The van der Waals surface area contributed by atoms with E-state index in [1.807, 2.05) is 12.1 Å². The van der Waals surface area contributed by atoms with Crippen molar-refractivity contribution in [1.29, 1.82) is 0 Å². The standard InChI is InChI=1S/C27H39N5O2/c1-4-6-11-23-19(3)9-8-10-20(23)17-29-26(34)24-18-30-27(28-16-7-5-2)32-25(24)31-21-12-14-22(33)15-13-21/h6,8-11,18,21-22,33H,4-5,7,12-17H2,1-3H3,(H,29,34)(H2,28,30,31,32)/b11-6-. The highest BCUT2D eigenvalue weighted by molar-refractivity contribution is 5.98. The summed E-state index contributed by atoms with van der Waals surface area (Å²) in [5, 5.41) is 19.6. The Kier molecular flexibility index (Phi) is 9.89. The van der Waals surface area contributed by atoms with Crippen molar-refractivity contribution >= 4 is 23.7 Å². The van der Waals surface area contributed by atoms with Crippen molar-refractivity contribution in [2.75, 3.05) is 17.2 Å². The molecule has 1 saturated carbocycles. The molecule has 0 bridgehead atoms. The summed E-state index contributed by atoms with van der Waals surface area (Å²) in [7, 11) is 0. The largest absolute Gasteiger partial charge is 0.393 e. The first-order valence-corrected chi connectivity index (χ1v) is 12.6. The van der Waals surface area contributed by atoms with Crippen LogP contribution < -0.4 is 16.0 Å². The Labute approximate surface area is 203 Å². The van der Waals surface area contributed by atoms with E-state index in [9.17, 15) is 9.90 Å². The van der Waals surface area contributed by atoms with Crippen LogP contribution in [0.5, 0.6) is 0 Å². The molecule has 4 N–H and O–H groups in total. The molecule has 1 aromatic heterocycles. The maximum absolute atomic E-state index is 13.2. The van der Waals surface area contributed by atoms with Gasteiger partial charge in [-0.25, -0.2) is 4.98 Å². The third-order valence-corrected chi connectivity index (χ3v) is 6.26. The minimum atomic E-state index is -0.234. The molecule has 2 aromatic rings. The molecule has 0 unspecified atom stereocenters. The predicted molar refractivity (Wildman–Crippen MR) is 139 cm³/mol. The Bertz CT molecular complexity index is 967. The van der Waals surface area contributed by atoms with Gasteiger partial charge in [-0.05, 0) is 62.1 Å². The second-order valence-corrected chi connectivity index (χ2v) is 9.03. The fourth-order valence-corrected chi connectivity index (χ4v) is 4.17. The van der Waals surface area contributed by atoms with Gasteiger partial charge in [-0.15, -0.1) is 0 Å². The fraction of sp³-hybridized carbons (Fsp3) is 0.519. The number of allylic oxidation sites excluding steroid dienone is 1. The number of aryl methyl sites for hydroxylation is 1. The lowest BCUT2D eigenvalue weighted by Gasteiger charge is -2.27. The number of hydrogen-bond donors (Lipinski definition) is 4. The van der Waals surface area contributed by atoms with E-state index in [0.29, 0.717) is 23.9 Å². The highest BCUT2D eigenvalue weighted by atomic mass is 16.3. The lowest BCUT2D eigenvalue weighted by Crippen LogP contribution is -2.31. The van der Waals surface area contributed by atoms with E-state index < -0.39 is 0 Å². The van der Waals surface area contributed by atoms with Gasteiger partial charge >= 0.3 is 0 Å². The van der Waals surface area contributed by atoms with Gasteiger partial charge in [0.25, 0.3) is 5.91 Å². The molecule has 0 radical (unpaired) electrons. The van der Waals surface area contributed by atoms with Crippen LogP contribution in [0, 0.1) is 6.92 Å². The van der Waals surface area contributed by atoms with Crippen molar-refractivity contribution < 1.29 is 9.90 Å². The molecule has 1 aliphatic carbocycles. The Morgan fingerprint density at radius 1 is 1.21 bits per heavy atom. The van der Waals surface area contributed by atoms with Gasteiger partial charge < -0.3 is 21.1 Å². The number of benzene rings is 1. The number of unbranched alkanes of at least 4 members (excludes halogenated alkanes) is 1. The number of anilines is 2. The Balaban J connectivity index is 1.76. The van der Waals surface area contributed by atoms with Gasteiger partial charge in [0.15, 0.2) is 0 Å². The third kappa shape index (κ3) is 7.29. The van der Waals surface area contributed by atoms with Gasteiger partial charge in [-0.1, -0.05) is 50.6 Å². The first kappa shape index (κ1) is 25.7. The van der Waals surface area contributed by atoms with E-state index >= 15 is 0 Å². The highest BCUT2D eigenvalue weighted by Gasteiger charge is 2.22. The van der Waals surface area contributed by atoms with Gasteiger partial charge in [0.1, 0.15) is 11.4 Å². The lowest BCUT2D eigenvalue weighted by atomic mass is 9.93. The van der Waals surface area contributed by atoms with Crippen molar-refractivity contribution in [3.05, 3.63) is 52.7 Å². The summed E-state index contributed by atoms with van der Waals surface area (Å²) in [6, 6.07) is 6.33. The van der Waals surface area contributed by atoms with Crippen LogP contribution in [0.1, 0.15) is 85.8 Å². The van der Waals surface area contributed by atoms with Crippen molar-refractivity contribution in [2.24, 2.45) is 0 Å². The molecule has 0 saturated heterocycles. The summed E-state index contributed by atoms with van der Waals surface area (Å²) >= 11 is 0. The second-order valence-electron chi connectivity index (χ2n) is 9.03. The molecule has 0 atom stereocenters. The summed E-state index contributed by atoms with van der Waals surface area (Å²) in [4.78, 5) is 22.2. The average Bonchev–Trinajstić information content (AvgIpc) is 2.84. The molecular weight excluding hydrogens is 426 g/mol. The Hall–Kier alpha value is -2.93. The summed E-state index contributed by atoms with van der Waals surface area (Å²) in [6.07, 6.45) is 11.9. The molecule has 7 nitrogen and oxygen atoms in total. The molecule has 7 heteroatoms. The predicted octanol–water partition coefficient (Wildman–Crippen LogP) is 5.07. The van der Waals surface area contributed by atoms with Gasteiger partial charge in [0, 0.05) is 25.3 Å². The van der Waals surface area contributed by atoms with Crippen LogP contribution in [0.3, 0.4) is 0 Å². The summed E-state index contributed by atoms with van der Waals surface area (Å²) in [5.41, 5.74) is 3.85. The maximum Gasteiger partial charge on any atom is 0.256 e. The van der Waals surface area contributed by atoms with Crippen LogP contribution >= 0.6 is 0 Å². The van der Waals surface area contributed by atoms with Gasteiger partial charge in [0.05, 0.1) is 6.10 Å². The van der Waals surface area contributed by atoms with E-state index in [2.05, 4.69) is 64.9 Å². The van der Waals surface area contributed by atoms with Crippen LogP contribution in [-0.2, 0) is 6.54 Å². The number of aliphatic hydroxyl groups is 1. The number of aromatic nitrogens is 2. The van der Waals surface area contributed by atoms with Crippen LogP contribution in [0.4, 0.5) is 11.8 Å². The number of carbonyl (C=O) groups excluding carboxylic acids is 1. The number of nitrogens with zero attached hydrogens (tertiary/aromatic N) is 2. The fourth-order valence-electron chi connectivity index (χ4n) is 4.17. The maximum atomic E-state index is 13.2. The molecule has 1 fully saturated rings. The van der Waals surface area contributed by atoms with E-state index in [1.165, 1.54) is 5.56 Å². The zero-order valence-electron chi connectivity index (χ0n) is 20.7. The zero-order chi connectivity index (χ0) is 24.3. The van der Waals surface area contributed by atoms with E-state index in [0.717, 1.165) is 62.6 Å². The number of carbonyl (C=O) groups is 1. The smallest absolute Gasteiger partial charge is 0.256 e. The summed E-state index contributed by atoms with van der Waals surface area (Å²) in [6.45, 7) is 7.55. The van der Waals surface area contributed by atoms with Crippen molar-refractivity contribution in [2.45, 2.75) is 84.4 Å². The number of hydrogen-bond acceptors (Lipinski definition) is 6. The normalized spacial score (nSPS) is 18.1. The van der Waals surface area contributed by atoms with Crippen LogP contribution in [0.15, 0.2) is 30.5 Å². The first-order valence-electron chi connectivity index (χ1n) is 12.6. The average molecular weight is 466 g/mol. The molecule has 0 aliphatic heterocycles. The van der Waals surface area contributed by atoms with Crippen LogP contribution in [0.25, 0.3) is 6.08 Å². The topological polar surface area (TPSA) is 99.2 Å². The van der Waals surface area contributed by atoms with Gasteiger partial charge in [-0.3, -0.25) is 4.79 Å². The highest BCUT2D eigenvalue weighted by Crippen LogP contribution is 2.24. The number of amides is 1. The van der Waals surface area contributed by atoms with Crippen LogP contribution in [-0.4, -0.2) is 39.7 Å². The molecule has 184 valence electrons. The molecule has 3 rings (SSSR count). The van der Waals surface area contributed by atoms with Crippen LogP contribution in [0.2, 0.25) is 0 Å². The molecule has 0 spiro atoms. The second kappa shape index (κ2) is 13.1. The van der Waals surface area contributed by atoms with Crippen molar-refractivity contribution in [3.63, 3.8) is 0 Å². The summed E-state index contributed by atoms with van der Waals surface area (Å²) < 4.78 is 0. The molecule has 1 heterocycles. The first-order chi connectivity index (χ1) is 16.5. The van der Waals surface area contributed by atoms with Crippen molar-refractivity contribution in [3.8, 4) is 0 Å². The number of nitrogens with one attached hydrogen (secondary N) is 3. The minimum Gasteiger partial charge on any atom is -0.393 e. The third-order valence-electron chi connectivity index (χ3n) is 6.26. The van der Waals surface area contributed by atoms with Gasteiger partial charge in [0.2, 0.25) is 5.95 Å². The van der Waals surface area contributed by atoms with E-state index in [1.54, 1.807) is 6.20 Å². The van der Waals surface area contributed by atoms with Crippen molar-refractivity contribution in [1.82, 2.24) is 15.3 Å². The quantitative estimate of drug-likeness (QED) is 0.346. The number of rotatable bonds is 11. The lowest BCUT2D eigenvalue weighted by molar-refractivity contribution is 0.0950. The SMILES string of the molecule is CC/C=C\c1c(C)cccc1CNC(=O)c1cnc(NCCCC)nc1NC1CCC(O)CC1. The molecular formula is C27H39N5O2. The van der Waals surface area contributed by atoms with E-state index in [-0.39, 0.29) is 18.1 Å². The minimum absolute atomic E-state index is 0.177. The summed E-state index contributed by atoms with van der Waals surface area (Å²) in [5.74, 6) is 0.864. The molecule has 1 aromatic carbocycles. The molecule has 1 aliphatic rings. The molecule has 34 heavy (non-hydrogen) atoms.